The molecule has 3 aromatic heterocycles. The van der Waals surface area contributed by atoms with Crippen LogP contribution in [-0.4, -0.2) is 39.4 Å². The van der Waals surface area contributed by atoms with Crippen molar-refractivity contribution in [1.82, 2.24) is 19.8 Å². The summed E-state index contributed by atoms with van der Waals surface area (Å²) in [6, 6.07) is 14.7. The van der Waals surface area contributed by atoms with Crippen molar-refractivity contribution in [3.8, 4) is 23.3 Å². The average molecular weight is 549 g/mol. The van der Waals surface area contributed by atoms with Crippen LogP contribution in [0.2, 0.25) is 0 Å². The van der Waals surface area contributed by atoms with E-state index in [0.29, 0.717) is 12.1 Å². The van der Waals surface area contributed by atoms with Gasteiger partial charge in [-0.2, -0.15) is 10.5 Å². The van der Waals surface area contributed by atoms with Crippen LogP contribution in [0.15, 0.2) is 42.7 Å². The number of hydrogen-bond acceptors (Lipinski definition) is 7. The Morgan fingerprint density at radius 3 is 2.52 bits per heavy atom. The monoisotopic (exact) mass is 548 g/mol. The van der Waals surface area contributed by atoms with E-state index in [1.54, 1.807) is 6.20 Å². The predicted octanol–water partition coefficient (Wildman–Crippen LogP) is 4.82. The number of piperidine rings is 2. The van der Waals surface area contributed by atoms with E-state index >= 15 is 0 Å². The lowest BCUT2D eigenvalue weighted by molar-refractivity contribution is -0.143. The van der Waals surface area contributed by atoms with Gasteiger partial charge in [-0.3, -0.25) is 19.5 Å². The number of fused-ring (bicyclic) bond motifs is 3. The van der Waals surface area contributed by atoms with Crippen molar-refractivity contribution in [1.29, 1.82) is 10.5 Å². The third kappa shape index (κ3) is 3.62. The number of carbonyl (C=O) groups excluding carboxylic acids is 2. The van der Waals surface area contributed by atoms with Crippen molar-refractivity contribution in [2.75, 3.05) is 13.1 Å². The lowest BCUT2D eigenvalue weighted by Gasteiger charge is -2.32. The maximum absolute atomic E-state index is 13.0. The highest BCUT2D eigenvalue weighted by atomic mass is 32.1. The van der Waals surface area contributed by atoms with Gasteiger partial charge in [0.25, 0.3) is 0 Å². The van der Waals surface area contributed by atoms with Gasteiger partial charge in [0.1, 0.15) is 0 Å². The van der Waals surface area contributed by atoms with Gasteiger partial charge in [0.15, 0.2) is 0 Å². The number of amides is 2. The molecule has 7 rings (SSSR count). The number of aromatic nitrogens is 2. The first-order valence-electron chi connectivity index (χ1n) is 13.6. The van der Waals surface area contributed by atoms with Crippen molar-refractivity contribution >= 4 is 44.3 Å². The van der Waals surface area contributed by atoms with Gasteiger partial charge >= 0.3 is 0 Å². The molecule has 40 heavy (non-hydrogen) atoms. The van der Waals surface area contributed by atoms with E-state index in [2.05, 4.69) is 27.0 Å². The Morgan fingerprint density at radius 1 is 1.07 bits per heavy atom. The van der Waals surface area contributed by atoms with Crippen LogP contribution in [0.25, 0.3) is 32.2 Å². The number of nitrogens with zero attached hydrogens (tertiary/aromatic N) is 5. The summed E-state index contributed by atoms with van der Waals surface area (Å²) in [5.74, 6) is -0.545. The Kier molecular flexibility index (Phi) is 5.44. The summed E-state index contributed by atoms with van der Waals surface area (Å²) in [4.78, 5) is 32.8. The summed E-state index contributed by atoms with van der Waals surface area (Å²) in [7, 11) is 0. The quantitative estimate of drug-likeness (QED) is 0.358. The number of imide groups is 1. The van der Waals surface area contributed by atoms with Gasteiger partial charge in [0.05, 0.1) is 57.2 Å². The minimum absolute atomic E-state index is 0.0729. The zero-order chi connectivity index (χ0) is 27.8. The standard InChI is InChI=1S/C31H28N6O2S/c1-30(2)24-25(30)29(39)37(28(24)38)15-20-13-23-27(40-20)21(3-7-35-23)22-12-18(14-32)11-19-4-10-36(26(19)22)17-31(16-33)5-8-34-9-6-31/h3-4,7,10-13,24-25,34H,5-6,8-9,15,17H2,1-2H3. The van der Waals surface area contributed by atoms with Crippen LogP contribution in [0.5, 0.6) is 0 Å². The first-order chi connectivity index (χ1) is 19.3. The number of nitriles is 2. The second kappa shape index (κ2) is 8.72. The van der Waals surface area contributed by atoms with Crippen molar-refractivity contribution in [3.05, 3.63) is 53.2 Å². The minimum atomic E-state index is -0.448. The van der Waals surface area contributed by atoms with E-state index in [9.17, 15) is 20.1 Å². The van der Waals surface area contributed by atoms with Gasteiger partial charge in [0.2, 0.25) is 11.8 Å². The van der Waals surface area contributed by atoms with E-state index in [1.165, 1.54) is 16.2 Å². The molecule has 0 spiro atoms. The Bertz CT molecular complexity index is 1790. The summed E-state index contributed by atoms with van der Waals surface area (Å²) in [5.41, 5.74) is 3.53. The Morgan fingerprint density at radius 2 is 1.82 bits per heavy atom. The van der Waals surface area contributed by atoms with Crippen LogP contribution in [-0.2, 0) is 22.7 Å². The number of pyridine rings is 1. The third-order valence-corrected chi connectivity index (χ3v) is 10.4. The molecular weight excluding hydrogens is 520 g/mol. The van der Waals surface area contributed by atoms with E-state index in [1.807, 2.05) is 50.4 Å². The molecule has 2 atom stereocenters. The first-order valence-corrected chi connectivity index (χ1v) is 14.5. The molecule has 4 aromatic rings. The molecule has 3 fully saturated rings. The van der Waals surface area contributed by atoms with E-state index < -0.39 is 5.41 Å². The molecule has 8 nitrogen and oxygen atoms in total. The second-order valence-electron chi connectivity index (χ2n) is 12.0. The predicted molar refractivity (Wildman–Crippen MR) is 152 cm³/mol. The Hall–Kier alpha value is -4.05. The molecule has 2 saturated heterocycles. The molecule has 9 heteroatoms. The molecule has 1 aliphatic carbocycles. The lowest BCUT2D eigenvalue weighted by Crippen LogP contribution is -2.38. The summed E-state index contributed by atoms with van der Waals surface area (Å²) >= 11 is 1.53. The topological polar surface area (TPSA) is 115 Å². The summed E-state index contributed by atoms with van der Waals surface area (Å²) < 4.78 is 3.11. The van der Waals surface area contributed by atoms with Gasteiger partial charge in [-0.25, -0.2) is 0 Å². The number of likely N-dealkylation sites (tertiary alicyclic amines) is 1. The van der Waals surface area contributed by atoms with Gasteiger partial charge in [0, 0.05) is 40.3 Å². The van der Waals surface area contributed by atoms with E-state index in [-0.39, 0.29) is 35.6 Å². The molecule has 3 aliphatic rings. The van der Waals surface area contributed by atoms with Gasteiger partial charge < -0.3 is 9.88 Å². The number of rotatable bonds is 5. The molecule has 2 amide bonds. The summed E-state index contributed by atoms with van der Waals surface area (Å²) in [6.45, 7) is 6.45. The zero-order valence-electron chi connectivity index (χ0n) is 22.4. The van der Waals surface area contributed by atoms with Gasteiger partial charge in [-0.1, -0.05) is 13.8 Å². The largest absolute Gasteiger partial charge is 0.345 e. The van der Waals surface area contributed by atoms with E-state index in [4.69, 9.17) is 0 Å². The zero-order valence-corrected chi connectivity index (χ0v) is 23.2. The highest BCUT2D eigenvalue weighted by Crippen LogP contribution is 2.63. The fraction of sp³-hybridized carbons (Fsp3) is 0.387. The van der Waals surface area contributed by atoms with Crippen LogP contribution in [0.3, 0.4) is 0 Å². The minimum Gasteiger partial charge on any atom is -0.345 e. The lowest BCUT2D eigenvalue weighted by atomic mass is 9.80. The molecule has 1 N–H and O–H groups in total. The molecule has 1 saturated carbocycles. The second-order valence-corrected chi connectivity index (χ2v) is 13.1. The number of hydrogen-bond donors (Lipinski definition) is 1. The van der Waals surface area contributed by atoms with Crippen molar-refractivity contribution in [3.63, 3.8) is 0 Å². The molecule has 2 unspecified atom stereocenters. The fourth-order valence-electron chi connectivity index (χ4n) is 6.88. The summed E-state index contributed by atoms with van der Waals surface area (Å²) in [6.07, 6.45) is 5.36. The van der Waals surface area contributed by atoms with Crippen LogP contribution >= 0.6 is 11.3 Å². The molecule has 0 bridgehead atoms. The van der Waals surface area contributed by atoms with Gasteiger partial charge in [-0.05, 0) is 61.7 Å². The highest BCUT2D eigenvalue weighted by molar-refractivity contribution is 7.19. The van der Waals surface area contributed by atoms with Crippen LogP contribution < -0.4 is 5.32 Å². The van der Waals surface area contributed by atoms with Crippen molar-refractivity contribution < 1.29 is 9.59 Å². The van der Waals surface area contributed by atoms with Gasteiger partial charge in [-0.15, -0.1) is 11.3 Å². The first kappa shape index (κ1) is 25.0. The molecule has 0 radical (unpaired) electrons. The summed E-state index contributed by atoms with van der Waals surface area (Å²) in [5, 5.41) is 24.3. The SMILES string of the molecule is CC1(C)C2C(=O)N(Cc3cc4nccc(-c5cc(C#N)cc6ccn(CC7(C#N)CCNCC7)c56)c4s3)C(=O)C21. The number of carbonyl (C=O) groups is 2. The maximum Gasteiger partial charge on any atom is 0.234 e. The number of thiophene rings is 1. The molecule has 2 aliphatic heterocycles. The average Bonchev–Trinajstić information content (AvgIpc) is 3.30. The Balaban J connectivity index is 1.30. The van der Waals surface area contributed by atoms with Crippen LogP contribution in [0.4, 0.5) is 0 Å². The van der Waals surface area contributed by atoms with E-state index in [0.717, 1.165) is 63.1 Å². The molecule has 5 heterocycles. The molecular formula is C31H28N6O2S. The molecule has 200 valence electrons. The third-order valence-electron chi connectivity index (χ3n) is 9.22. The molecule has 1 aromatic carbocycles. The maximum atomic E-state index is 13.0. The van der Waals surface area contributed by atoms with Crippen LogP contribution in [0, 0.1) is 45.3 Å². The smallest absolute Gasteiger partial charge is 0.234 e. The van der Waals surface area contributed by atoms with Crippen molar-refractivity contribution in [2.45, 2.75) is 39.8 Å². The highest BCUT2D eigenvalue weighted by Gasteiger charge is 2.72. The normalized spacial score (nSPS) is 22.9. The Labute approximate surface area is 235 Å². The number of nitrogens with one attached hydrogen (secondary N) is 1. The van der Waals surface area contributed by atoms with Crippen LogP contribution in [0.1, 0.15) is 37.1 Å². The van der Waals surface area contributed by atoms with Crippen molar-refractivity contribution in [2.24, 2.45) is 22.7 Å². The fourth-order valence-corrected chi connectivity index (χ4v) is 8.01. The number of benzene rings is 1.